The monoisotopic (exact) mass is 1090 g/mol. The smallest absolute Gasteiger partial charge is 0.387 e. The van der Waals surface area contributed by atoms with Crippen molar-refractivity contribution in [2.75, 3.05) is 40.9 Å². The second-order valence-electron chi connectivity index (χ2n) is 23.5. The SMILES string of the molecule is CCCCCCC/C=C\C/C=C\C/C=C\CCCCCCCCCCCCCCCCC(=O)NC(COP(=O)(O)OCC[N+](C)(C)C)C(O)/C=C/CC/C=C/CCCCCCCCCCCCCCCCCCCCC. The Labute approximate surface area is 472 Å². The molecule has 0 heterocycles. The zero-order chi connectivity index (χ0) is 55.6. The Bertz CT molecular complexity index is 1420. The summed E-state index contributed by atoms with van der Waals surface area (Å²) >= 11 is 0. The van der Waals surface area contributed by atoms with Crippen molar-refractivity contribution in [1.82, 2.24) is 5.32 Å². The van der Waals surface area contributed by atoms with E-state index in [-0.39, 0.29) is 19.1 Å². The molecule has 3 N–H and O–H groups in total. The van der Waals surface area contributed by atoms with E-state index in [9.17, 15) is 19.4 Å². The molecule has 0 bridgehead atoms. The molecule has 0 aromatic heterocycles. The van der Waals surface area contributed by atoms with Crippen LogP contribution in [0.15, 0.2) is 60.8 Å². The molecule has 0 saturated heterocycles. The maximum atomic E-state index is 13.0. The van der Waals surface area contributed by atoms with Crippen molar-refractivity contribution in [3.8, 4) is 0 Å². The predicted octanol–water partition coefficient (Wildman–Crippen LogP) is 20.4. The van der Waals surface area contributed by atoms with E-state index in [0.717, 1.165) is 51.4 Å². The fraction of sp³-hybridized carbons (Fsp3) is 0.836. The fourth-order valence-corrected chi connectivity index (χ4v) is 10.3. The Hall–Kier alpha value is -1.80. The molecule has 0 aromatic carbocycles. The van der Waals surface area contributed by atoms with Gasteiger partial charge in [-0.05, 0) is 70.6 Å². The summed E-state index contributed by atoms with van der Waals surface area (Å²) in [7, 11) is 1.56. The van der Waals surface area contributed by atoms with Crippen molar-refractivity contribution in [3.63, 3.8) is 0 Å². The highest BCUT2D eigenvalue weighted by Gasteiger charge is 2.27. The molecule has 0 rings (SSSR count). The Kier molecular flexibility index (Phi) is 56.5. The van der Waals surface area contributed by atoms with Gasteiger partial charge in [-0.2, -0.15) is 0 Å². The van der Waals surface area contributed by atoms with E-state index in [1.807, 2.05) is 27.2 Å². The number of aliphatic hydroxyl groups is 1. The number of amides is 1. The average molecular weight is 1090 g/mol. The molecule has 0 aliphatic heterocycles. The van der Waals surface area contributed by atoms with Gasteiger partial charge in [-0.3, -0.25) is 13.8 Å². The van der Waals surface area contributed by atoms with Gasteiger partial charge in [0, 0.05) is 6.42 Å². The van der Waals surface area contributed by atoms with Crippen LogP contribution in [0.1, 0.15) is 309 Å². The summed E-state index contributed by atoms with van der Waals surface area (Å²) < 4.78 is 23.8. The van der Waals surface area contributed by atoms with Crippen molar-refractivity contribution in [2.45, 2.75) is 321 Å². The lowest BCUT2D eigenvalue weighted by Crippen LogP contribution is -2.45. The van der Waals surface area contributed by atoms with Crippen LogP contribution in [0, 0.1) is 0 Å². The van der Waals surface area contributed by atoms with Crippen LogP contribution in [-0.4, -0.2) is 73.4 Å². The minimum absolute atomic E-state index is 0.0553. The van der Waals surface area contributed by atoms with E-state index in [0.29, 0.717) is 17.4 Å². The van der Waals surface area contributed by atoms with Crippen molar-refractivity contribution < 1.29 is 32.9 Å². The van der Waals surface area contributed by atoms with Crippen LogP contribution < -0.4 is 5.32 Å². The first kappa shape index (κ1) is 74.2. The molecule has 0 radical (unpaired) electrons. The molecule has 0 aliphatic rings. The van der Waals surface area contributed by atoms with Gasteiger partial charge >= 0.3 is 7.82 Å². The molecule has 3 unspecified atom stereocenters. The zero-order valence-electron chi connectivity index (χ0n) is 51.0. The summed E-state index contributed by atoms with van der Waals surface area (Å²) in [5.41, 5.74) is 0. The molecule has 446 valence electrons. The second-order valence-corrected chi connectivity index (χ2v) is 24.9. The van der Waals surface area contributed by atoms with Gasteiger partial charge in [0.25, 0.3) is 0 Å². The summed E-state index contributed by atoms with van der Waals surface area (Å²) in [6.07, 6.45) is 79.2. The number of aliphatic hydroxyl groups excluding tert-OH is 1. The molecule has 76 heavy (non-hydrogen) atoms. The number of unbranched alkanes of at least 4 members (excludes halogenated alkanes) is 39. The van der Waals surface area contributed by atoms with E-state index >= 15 is 0 Å². The molecule has 9 heteroatoms. The first-order valence-corrected chi connectivity index (χ1v) is 34.2. The number of carbonyl (C=O) groups is 1. The molecule has 0 fully saturated rings. The highest BCUT2D eigenvalue weighted by Crippen LogP contribution is 2.43. The van der Waals surface area contributed by atoms with E-state index < -0.39 is 20.0 Å². The van der Waals surface area contributed by atoms with Crippen molar-refractivity contribution >= 4 is 13.7 Å². The number of carbonyl (C=O) groups excluding carboxylic acids is 1. The lowest BCUT2D eigenvalue weighted by atomic mass is 10.0. The molecular weight excluding hydrogens is 960 g/mol. The lowest BCUT2D eigenvalue weighted by molar-refractivity contribution is -0.870. The summed E-state index contributed by atoms with van der Waals surface area (Å²) in [6, 6.07) is -0.867. The van der Waals surface area contributed by atoms with E-state index in [4.69, 9.17) is 9.05 Å². The Balaban J connectivity index is 4.16. The third-order valence-electron chi connectivity index (χ3n) is 14.7. The first-order valence-electron chi connectivity index (χ1n) is 32.7. The molecule has 0 saturated carbocycles. The van der Waals surface area contributed by atoms with Crippen LogP contribution in [-0.2, 0) is 18.4 Å². The van der Waals surface area contributed by atoms with Gasteiger partial charge in [0.05, 0.1) is 39.9 Å². The van der Waals surface area contributed by atoms with E-state index in [1.165, 1.54) is 238 Å². The number of phosphoric acid groups is 1. The molecule has 3 atom stereocenters. The number of nitrogens with one attached hydrogen (secondary N) is 1. The third kappa shape index (κ3) is 59.9. The van der Waals surface area contributed by atoms with Gasteiger partial charge in [-0.25, -0.2) is 4.57 Å². The number of likely N-dealkylation sites (N-methyl/N-ethyl adjacent to an activating group) is 1. The maximum absolute atomic E-state index is 13.0. The Morgan fingerprint density at radius 2 is 0.763 bits per heavy atom. The topological polar surface area (TPSA) is 105 Å². The van der Waals surface area contributed by atoms with Crippen LogP contribution in [0.3, 0.4) is 0 Å². The summed E-state index contributed by atoms with van der Waals surface area (Å²) in [4.78, 5) is 23.4. The second kappa shape index (κ2) is 57.9. The van der Waals surface area contributed by atoms with Crippen LogP contribution in [0.25, 0.3) is 0 Å². The first-order chi connectivity index (χ1) is 37.0. The van der Waals surface area contributed by atoms with E-state index in [2.05, 4.69) is 67.8 Å². The zero-order valence-corrected chi connectivity index (χ0v) is 51.9. The van der Waals surface area contributed by atoms with Crippen molar-refractivity contribution in [3.05, 3.63) is 60.8 Å². The molecule has 0 spiro atoms. The summed E-state index contributed by atoms with van der Waals surface area (Å²) in [5.74, 6) is -0.185. The third-order valence-corrected chi connectivity index (χ3v) is 15.7. The molecule has 0 aliphatic carbocycles. The molecule has 0 aromatic rings. The maximum Gasteiger partial charge on any atom is 0.472 e. The van der Waals surface area contributed by atoms with Crippen LogP contribution in [0.2, 0.25) is 0 Å². The highest BCUT2D eigenvalue weighted by atomic mass is 31.2. The number of nitrogens with zero attached hydrogens (tertiary/aromatic N) is 1. The standard InChI is InChI=1S/C67H127N2O6P/c1-6-8-10-12-14-16-18-20-22-24-26-28-30-32-33-34-35-37-39-41-43-45-47-49-51-53-55-57-59-61-67(71)68-65(64-75-76(72,73)74-63-62-69(3,4)5)66(70)60-58-56-54-52-50-48-46-44-42-40-38-36-31-29-27-25-23-21-19-17-15-13-11-9-7-2/h18,20,24,26,30,32,50,52,58,60,65-66,70H,6-17,19,21-23,25,27-29,31,33-49,51,53-57,59,61-64H2,1-5H3,(H-,68,71,72,73)/p+1/b20-18-,26-24-,32-30-,52-50+,60-58+. The Morgan fingerprint density at radius 1 is 0.447 bits per heavy atom. The number of quaternary nitrogens is 1. The number of phosphoric ester groups is 1. The van der Waals surface area contributed by atoms with Gasteiger partial charge in [-0.15, -0.1) is 0 Å². The normalized spacial score (nSPS) is 14.1. The van der Waals surface area contributed by atoms with Crippen molar-refractivity contribution in [2.24, 2.45) is 0 Å². The highest BCUT2D eigenvalue weighted by molar-refractivity contribution is 7.47. The van der Waals surface area contributed by atoms with Gasteiger partial charge in [0.1, 0.15) is 13.2 Å². The van der Waals surface area contributed by atoms with Crippen LogP contribution in [0.5, 0.6) is 0 Å². The molecule has 1 amide bonds. The average Bonchev–Trinajstić information content (AvgIpc) is 3.38. The number of hydrogen-bond acceptors (Lipinski definition) is 5. The van der Waals surface area contributed by atoms with E-state index in [1.54, 1.807) is 6.08 Å². The van der Waals surface area contributed by atoms with Crippen LogP contribution in [0.4, 0.5) is 0 Å². The largest absolute Gasteiger partial charge is 0.472 e. The predicted molar refractivity (Wildman–Crippen MR) is 332 cm³/mol. The summed E-state index contributed by atoms with van der Waals surface area (Å²) in [6.45, 7) is 4.82. The molecule has 8 nitrogen and oxygen atoms in total. The minimum atomic E-state index is -4.36. The quantitative estimate of drug-likeness (QED) is 0.0243. The fourth-order valence-electron chi connectivity index (χ4n) is 9.60. The Morgan fingerprint density at radius 3 is 1.14 bits per heavy atom. The summed E-state index contributed by atoms with van der Waals surface area (Å²) in [5, 5.41) is 14.0. The number of allylic oxidation sites excluding steroid dienone is 9. The number of hydrogen-bond donors (Lipinski definition) is 3. The van der Waals surface area contributed by atoms with Gasteiger partial charge in [0.2, 0.25) is 5.91 Å². The minimum Gasteiger partial charge on any atom is -0.387 e. The van der Waals surface area contributed by atoms with Crippen molar-refractivity contribution in [1.29, 1.82) is 0 Å². The number of rotatable bonds is 60. The molecular formula is C67H128N2O6P+. The van der Waals surface area contributed by atoms with Gasteiger partial charge < -0.3 is 19.8 Å². The lowest BCUT2D eigenvalue weighted by Gasteiger charge is -2.25. The van der Waals surface area contributed by atoms with Gasteiger partial charge in [-0.1, -0.05) is 293 Å². The van der Waals surface area contributed by atoms with Gasteiger partial charge in [0.15, 0.2) is 0 Å². The van der Waals surface area contributed by atoms with Crippen LogP contribution >= 0.6 is 7.82 Å².